The van der Waals surface area contributed by atoms with Gasteiger partial charge in [-0.25, -0.2) is 8.42 Å². The molecule has 2 amide bonds. The zero-order valence-electron chi connectivity index (χ0n) is 20.0. The van der Waals surface area contributed by atoms with Crippen molar-refractivity contribution in [3.05, 3.63) is 124 Å². The fraction of sp³-hybridized carbons (Fsp3) is 0.0714. The smallest absolute Gasteiger partial charge is 0.264 e. The van der Waals surface area contributed by atoms with Crippen molar-refractivity contribution in [2.24, 2.45) is 0 Å². The van der Waals surface area contributed by atoms with Gasteiger partial charge in [0, 0.05) is 11.6 Å². The van der Waals surface area contributed by atoms with E-state index in [0.717, 1.165) is 9.87 Å². The van der Waals surface area contributed by atoms with E-state index in [1.54, 1.807) is 42.5 Å². The molecule has 0 unspecified atom stereocenters. The summed E-state index contributed by atoms with van der Waals surface area (Å²) in [5.41, 5.74) is 1.48. The minimum Gasteiger partial charge on any atom is -0.348 e. The molecule has 0 aliphatic heterocycles. The molecule has 38 heavy (non-hydrogen) atoms. The summed E-state index contributed by atoms with van der Waals surface area (Å²) in [6, 6.07) is 27.9. The number of sulfonamides is 1. The number of nitrogens with one attached hydrogen (secondary N) is 2. The number of hydrogen-bond donors (Lipinski definition) is 2. The second-order valence-corrected chi connectivity index (χ2v) is 10.9. The van der Waals surface area contributed by atoms with Gasteiger partial charge in [-0.05, 0) is 48.0 Å². The van der Waals surface area contributed by atoms with E-state index >= 15 is 0 Å². The first-order chi connectivity index (χ1) is 18.3. The van der Waals surface area contributed by atoms with Gasteiger partial charge in [-0.15, -0.1) is 0 Å². The number of carbonyl (C=O) groups excluding carboxylic acids is 2. The maximum absolute atomic E-state index is 13.5. The molecule has 0 saturated carbocycles. The highest BCUT2D eigenvalue weighted by atomic mass is 35.5. The molecule has 0 aliphatic rings. The first-order valence-corrected chi connectivity index (χ1v) is 13.7. The number of hydrogen-bond acceptors (Lipinski definition) is 4. The molecule has 0 aliphatic carbocycles. The number of carbonyl (C=O) groups is 2. The first-order valence-electron chi connectivity index (χ1n) is 11.5. The topological polar surface area (TPSA) is 95.6 Å². The monoisotopic (exact) mass is 567 g/mol. The third-order valence-electron chi connectivity index (χ3n) is 5.54. The molecular weight excluding hydrogens is 545 g/mol. The Kier molecular flexibility index (Phi) is 8.68. The first kappa shape index (κ1) is 27.2. The van der Waals surface area contributed by atoms with Crippen LogP contribution >= 0.6 is 23.2 Å². The lowest BCUT2D eigenvalue weighted by Crippen LogP contribution is -2.38. The van der Waals surface area contributed by atoms with Crippen LogP contribution in [-0.4, -0.2) is 26.8 Å². The summed E-state index contributed by atoms with van der Waals surface area (Å²) in [5.74, 6) is -1.06. The van der Waals surface area contributed by atoms with Gasteiger partial charge in [0.1, 0.15) is 6.54 Å². The molecule has 7 nitrogen and oxygen atoms in total. The molecule has 0 bridgehead atoms. The number of amides is 2. The molecule has 0 radical (unpaired) electrons. The van der Waals surface area contributed by atoms with E-state index in [0.29, 0.717) is 11.6 Å². The van der Waals surface area contributed by atoms with Gasteiger partial charge in [-0.1, -0.05) is 83.9 Å². The average molecular weight is 568 g/mol. The Morgan fingerprint density at radius 1 is 0.789 bits per heavy atom. The zero-order chi connectivity index (χ0) is 27.1. The van der Waals surface area contributed by atoms with Crippen molar-refractivity contribution in [3.63, 3.8) is 0 Å². The molecule has 10 heteroatoms. The van der Waals surface area contributed by atoms with E-state index in [9.17, 15) is 18.0 Å². The van der Waals surface area contributed by atoms with Crippen molar-refractivity contribution < 1.29 is 18.0 Å². The van der Waals surface area contributed by atoms with Crippen LogP contribution in [0.15, 0.2) is 108 Å². The van der Waals surface area contributed by atoms with Gasteiger partial charge < -0.3 is 10.6 Å². The van der Waals surface area contributed by atoms with Gasteiger partial charge in [-0.2, -0.15) is 0 Å². The van der Waals surface area contributed by atoms with Gasteiger partial charge in [0.05, 0.1) is 26.9 Å². The number of nitrogens with zero attached hydrogens (tertiary/aromatic N) is 1. The van der Waals surface area contributed by atoms with Gasteiger partial charge in [0.15, 0.2) is 0 Å². The number of halogens is 2. The molecule has 0 atom stereocenters. The second-order valence-electron chi connectivity index (χ2n) is 8.18. The Bertz CT molecular complexity index is 1550. The predicted molar refractivity (Wildman–Crippen MR) is 150 cm³/mol. The van der Waals surface area contributed by atoms with Crippen molar-refractivity contribution in [1.29, 1.82) is 0 Å². The van der Waals surface area contributed by atoms with Crippen LogP contribution in [0.2, 0.25) is 10.0 Å². The van der Waals surface area contributed by atoms with Gasteiger partial charge in [0.25, 0.3) is 15.9 Å². The van der Waals surface area contributed by atoms with Crippen LogP contribution in [-0.2, 0) is 21.4 Å². The molecule has 4 aromatic rings. The number of para-hydroxylation sites is 1. The molecule has 194 valence electrons. The summed E-state index contributed by atoms with van der Waals surface area (Å²) >= 11 is 12.3. The van der Waals surface area contributed by atoms with Crippen LogP contribution in [0.1, 0.15) is 15.9 Å². The minimum atomic E-state index is -4.18. The molecule has 0 heterocycles. The van der Waals surface area contributed by atoms with Crippen LogP contribution in [0, 0.1) is 0 Å². The SMILES string of the molecule is O=C(CN(c1ccc(Cl)cc1Cl)S(=O)(=O)c1ccccc1)Nc1ccccc1C(=O)NCc1ccccc1. The lowest BCUT2D eigenvalue weighted by molar-refractivity contribution is -0.114. The van der Waals surface area contributed by atoms with Crippen molar-refractivity contribution in [2.45, 2.75) is 11.4 Å². The highest BCUT2D eigenvalue weighted by Crippen LogP contribution is 2.32. The van der Waals surface area contributed by atoms with Crippen LogP contribution in [0.3, 0.4) is 0 Å². The van der Waals surface area contributed by atoms with E-state index in [4.69, 9.17) is 23.2 Å². The van der Waals surface area contributed by atoms with Crippen LogP contribution in [0.4, 0.5) is 11.4 Å². The molecule has 0 saturated heterocycles. The number of benzene rings is 4. The lowest BCUT2D eigenvalue weighted by atomic mass is 10.1. The third kappa shape index (κ3) is 6.52. The minimum absolute atomic E-state index is 0.0143. The van der Waals surface area contributed by atoms with Gasteiger partial charge in [0.2, 0.25) is 5.91 Å². The maximum atomic E-state index is 13.5. The summed E-state index contributed by atoms with van der Waals surface area (Å²) in [7, 11) is -4.18. The highest BCUT2D eigenvalue weighted by Gasteiger charge is 2.29. The maximum Gasteiger partial charge on any atom is 0.264 e. The second kappa shape index (κ2) is 12.1. The standard InChI is InChI=1S/C28H23Cl2N3O4S/c29-21-15-16-26(24(30)17-21)33(38(36,37)22-11-5-2-6-12-22)19-27(34)32-25-14-8-7-13-23(25)28(35)31-18-20-9-3-1-4-10-20/h1-17H,18-19H2,(H,31,35)(H,32,34). The molecular formula is C28H23Cl2N3O4S. The largest absolute Gasteiger partial charge is 0.348 e. The van der Waals surface area contributed by atoms with Crippen LogP contribution in [0.25, 0.3) is 0 Å². The summed E-state index contributed by atoms with van der Waals surface area (Å²) in [4.78, 5) is 26.1. The predicted octanol–water partition coefficient (Wildman–Crippen LogP) is 5.76. The van der Waals surface area contributed by atoms with E-state index in [-0.39, 0.29) is 32.8 Å². The summed E-state index contributed by atoms with van der Waals surface area (Å²) in [6.07, 6.45) is 0. The van der Waals surface area contributed by atoms with E-state index in [1.165, 1.54) is 30.3 Å². The summed E-state index contributed by atoms with van der Waals surface area (Å²) in [6.45, 7) is -0.293. The normalized spacial score (nSPS) is 11.0. The van der Waals surface area contributed by atoms with E-state index in [1.807, 2.05) is 30.3 Å². The summed E-state index contributed by atoms with van der Waals surface area (Å²) < 4.78 is 28.0. The fourth-order valence-corrected chi connectivity index (χ4v) is 5.71. The molecule has 4 aromatic carbocycles. The van der Waals surface area contributed by atoms with Crippen LogP contribution < -0.4 is 14.9 Å². The Morgan fingerprint density at radius 3 is 2.11 bits per heavy atom. The quantitative estimate of drug-likeness (QED) is 0.269. The van der Waals surface area contributed by atoms with Crippen molar-refractivity contribution in [3.8, 4) is 0 Å². The molecule has 4 rings (SSSR count). The lowest BCUT2D eigenvalue weighted by Gasteiger charge is -2.25. The Morgan fingerprint density at radius 2 is 1.42 bits per heavy atom. The average Bonchev–Trinajstić information content (AvgIpc) is 2.92. The summed E-state index contributed by atoms with van der Waals surface area (Å²) in [5, 5.41) is 5.87. The highest BCUT2D eigenvalue weighted by molar-refractivity contribution is 7.92. The Hall–Kier alpha value is -3.85. The van der Waals surface area contributed by atoms with Crippen molar-refractivity contribution in [2.75, 3.05) is 16.2 Å². The van der Waals surface area contributed by atoms with E-state index in [2.05, 4.69) is 10.6 Å². The molecule has 0 aromatic heterocycles. The number of rotatable bonds is 9. The van der Waals surface area contributed by atoms with Gasteiger partial charge >= 0.3 is 0 Å². The number of anilines is 2. The zero-order valence-corrected chi connectivity index (χ0v) is 22.3. The molecule has 0 fully saturated rings. The van der Waals surface area contributed by atoms with Crippen molar-refractivity contribution in [1.82, 2.24) is 5.32 Å². The Balaban J connectivity index is 1.58. The van der Waals surface area contributed by atoms with E-state index < -0.39 is 22.5 Å². The van der Waals surface area contributed by atoms with Crippen molar-refractivity contribution >= 4 is 56.4 Å². The fourth-order valence-electron chi connectivity index (χ4n) is 3.69. The van der Waals surface area contributed by atoms with Crippen LogP contribution in [0.5, 0.6) is 0 Å². The molecule has 2 N–H and O–H groups in total. The Labute approximate surface area is 231 Å². The molecule has 0 spiro atoms. The van der Waals surface area contributed by atoms with Gasteiger partial charge in [-0.3, -0.25) is 13.9 Å². The third-order valence-corrected chi connectivity index (χ3v) is 7.85.